The number of benzene rings is 1. The van der Waals surface area contributed by atoms with Gasteiger partial charge in [-0.05, 0) is 56.0 Å². The van der Waals surface area contributed by atoms with E-state index in [4.69, 9.17) is 18.9 Å². The van der Waals surface area contributed by atoms with Gasteiger partial charge in [-0.25, -0.2) is 0 Å². The highest BCUT2D eigenvalue weighted by molar-refractivity contribution is 5.39. The van der Waals surface area contributed by atoms with Crippen molar-refractivity contribution < 1.29 is 18.9 Å². The number of ether oxygens (including phenoxy) is 4. The van der Waals surface area contributed by atoms with Gasteiger partial charge in [0.15, 0.2) is 0 Å². The second kappa shape index (κ2) is 13.9. The van der Waals surface area contributed by atoms with Crippen LogP contribution < -0.4 is 4.74 Å². The minimum Gasteiger partial charge on any atom is -0.491 e. The van der Waals surface area contributed by atoms with Crippen molar-refractivity contribution in [3.05, 3.63) is 29.3 Å². The summed E-state index contributed by atoms with van der Waals surface area (Å²) < 4.78 is 22.7. The Labute approximate surface area is 171 Å². The summed E-state index contributed by atoms with van der Waals surface area (Å²) in [5, 5.41) is 0. The Hall–Kier alpha value is -1.14. The first-order valence-corrected chi connectivity index (χ1v) is 10.9. The van der Waals surface area contributed by atoms with Crippen LogP contribution >= 0.6 is 0 Å². The van der Waals surface area contributed by atoms with E-state index in [9.17, 15) is 0 Å². The lowest BCUT2D eigenvalue weighted by Crippen LogP contribution is -2.32. The van der Waals surface area contributed by atoms with Gasteiger partial charge in [-0.2, -0.15) is 0 Å². The van der Waals surface area contributed by atoms with Gasteiger partial charge in [0, 0.05) is 6.54 Å². The quantitative estimate of drug-likeness (QED) is 0.446. The standard InChI is InChI=1S/C23H39NO4/c1-20(2)22-8-7-21(3)19-23(22)28-18-17-27-16-15-26-14-13-25-12-11-24-9-5-4-6-10-24/h7-8,19-20H,4-6,9-18H2,1-3H3. The summed E-state index contributed by atoms with van der Waals surface area (Å²) in [6.07, 6.45) is 4.04. The molecular weight excluding hydrogens is 354 g/mol. The molecule has 0 bridgehead atoms. The van der Waals surface area contributed by atoms with Crippen LogP contribution in [0.1, 0.15) is 50.2 Å². The fourth-order valence-corrected chi connectivity index (χ4v) is 3.37. The Morgan fingerprint density at radius 1 is 0.821 bits per heavy atom. The van der Waals surface area contributed by atoms with Crippen LogP contribution in [-0.2, 0) is 14.2 Å². The Balaban J connectivity index is 1.40. The summed E-state index contributed by atoms with van der Waals surface area (Å²) >= 11 is 0. The van der Waals surface area contributed by atoms with E-state index in [-0.39, 0.29) is 0 Å². The molecule has 1 aliphatic heterocycles. The molecule has 5 nitrogen and oxygen atoms in total. The van der Waals surface area contributed by atoms with Crippen molar-refractivity contribution >= 4 is 0 Å². The molecule has 0 atom stereocenters. The number of likely N-dealkylation sites (tertiary alicyclic amines) is 1. The number of piperidine rings is 1. The normalized spacial score (nSPS) is 15.3. The minimum absolute atomic E-state index is 0.451. The molecule has 1 saturated heterocycles. The van der Waals surface area contributed by atoms with Crippen LogP contribution in [0.25, 0.3) is 0 Å². The first kappa shape index (κ1) is 23.1. The lowest BCUT2D eigenvalue weighted by Gasteiger charge is -2.26. The maximum absolute atomic E-state index is 5.91. The van der Waals surface area contributed by atoms with E-state index < -0.39 is 0 Å². The predicted molar refractivity (Wildman–Crippen MR) is 114 cm³/mol. The smallest absolute Gasteiger partial charge is 0.123 e. The van der Waals surface area contributed by atoms with Gasteiger partial charge in [0.2, 0.25) is 0 Å². The third kappa shape index (κ3) is 9.37. The molecule has 1 fully saturated rings. The zero-order valence-electron chi connectivity index (χ0n) is 18.1. The average Bonchev–Trinajstić information content (AvgIpc) is 2.69. The minimum atomic E-state index is 0.451. The molecule has 1 aliphatic rings. The van der Waals surface area contributed by atoms with Crippen molar-refractivity contribution in [3.63, 3.8) is 0 Å². The number of hydrogen-bond donors (Lipinski definition) is 0. The van der Waals surface area contributed by atoms with Gasteiger partial charge < -0.3 is 23.8 Å². The highest BCUT2D eigenvalue weighted by atomic mass is 16.6. The lowest BCUT2D eigenvalue weighted by atomic mass is 10.0. The zero-order valence-corrected chi connectivity index (χ0v) is 18.1. The average molecular weight is 394 g/mol. The maximum atomic E-state index is 5.91. The van der Waals surface area contributed by atoms with Crippen molar-refractivity contribution in [3.8, 4) is 5.75 Å². The second-order valence-electron chi connectivity index (χ2n) is 7.78. The molecule has 0 aromatic heterocycles. The molecule has 1 heterocycles. The molecule has 5 heteroatoms. The summed E-state index contributed by atoms with van der Waals surface area (Å²) in [5.41, 5.74) is 2.46. The van der Waals surface area contributed by atoms with Crippen LogP contribution in [0.4, 0.5) is 0 Å². The Bertz CT molecular complexity index is 529. The molecule has 0 unspecified atom stereocenters. The molecule has 160 valence electrons. The Morgan fingerprint density at radius 2 is 1.43 bits per heavy atom. The molecule has 0 saturated carbocycles. The number of rotatable bonds is 14. The largest absolute Gasteiger partial charge is 0.491 e. The summed E-state index contributed by atoms with van der Waals surface area (Å²) in [5.74, 6) is 1.42. The monoisotopic (exact) mass is 393 g/mol. The van der Waals surface area contributed by atoms with Gasteiger partial charge in [-0.1, -0.05) is 32.4 Å². The summed E-state index contributed by atoms with van der Waals surface area (Å²) in [6.45, 7) is 14.3. The van der Waals surface area contributed by atoms with Crippen molar-refractivity contribution in [1.29, 1.82) is 0 Å². The highest BCUT2D eigenvalue weighted by Gasteiger charge is 2.09. The Morgan fingerprint density at radius 3 is 2.07 bits per heavy atom. The first-order chi connectivity index (χ1) is 13.7. The lowest BCUT2D eigenvalue weighted by molar-refractivity contribution is 0.00534. The van der Waals surface area contributed by atoms with Crippen molar-refractivity contribution in [2.45, 2.75) is 46.0 Å². The fourth-order valence-electron chi connectivity index (χ4n) is 3.37. The topological polar surface area (TPSA) is 40.2 Å². The molecule has 0 N–H and O–H groups in total. The van der Waals surface area contributed by atoms with Crippen LogP contribution in [0.15, 0.2) is 18.2 Å². The van der Waals surface area contributed by atoms with E-state index in [2.05, 4.69) is 43.9 Å². The van der Waals surface area contributed by atoms with Gasteiger partial charge in [0.25, 0.3) is 0 Å². The SMILES string of the molecule is Cc1ccc(C(C)C)c(OCCOCCOCCOCCN2CCCCC2)c1. The summed E-state index contributed by atoms with van der Waals surface area (Å²) in [4.78, 5) is 2.49. The molecule has 0 radical (unpaired) electrons. The highest BCUT2D eigenvalue weighted by Crippen LogP contribution is 2.27. The van der Waals surface area contributed by atoms with Crippen molar-refractivity contribution in [2.24, 2.45) is 0 Å². The Kier molecular flexibility index (Phi) is 11.5. The summed E-state index contributed by atoms with van der Waals surface area (Å²) in [6, 6.07) is 6.38. The van der Waals surface area contributed by atoms with Crippen molar-refractivity contribution in [1.82, 2.24) is 4.90 Å². The van der Waals surface area contributed by atoms with Gasteiger partial charge in [-0.15, -0.1) is 0 Å². The third-order valence-corrected chi connectivity index (χ3v) is 5.02. The van der Waals surface area contributed by atoms with Crippen LogP contribution in [-0.4, -0.2) is 70.8 Å². The first-order valence-electron chi connectivity index (χ1n) is 10.9. The number of aryl methyl sites for hydroxylation is 1. The maximum Gasteiger partial charge on any atom is 0.123 e. The predicted octanol–water partition coefficient (Wildman–Crippen LogP) is 4.03. The van der Waals surface area contributed by atoms with Crippen LogP contribution in [0, 0.1) is 6.92 Å². The van der Waals surface area contributed by atoms with Crippen LogP contribution in [0.2, 0.25) is 0 Å². The zero-order chi connectivity index (χ0) is 20.0. The van der Waals surface area contributed by atoms with E-state index in [0.29, 0.717) is 45.6 Å². The number of nitrogens with zero attached hydrogens (tertiary/aromatic N) is 1. The van der Waals surface area contributed by atoms with Crippen molar-refractivity contribution in [2.75, 3.05) is 65.9 Å². The van der Waals surface area contributed by atoms with E-state index in [0.717, 1.165) is 18.9 Å². The third-order valence-electron chi connectivity index (χ3n) is 5.02. The summed E-state index contributed by atoms with van der Waals surface area (Å²) in [7, 11) is 0. The molecule has 0 amide bonds. The van der Waals surface area contributed by atoms with Gasteiger partial charge in [0.1, 0.15) is 12.4 Å². The fraction of sp³-hybridized carbons (Fsp3) is 0.739. The molecule has 2 rings (SSSR count). The molecule has 28 heavy (non-hydrogen) atoms. The van der Waals surface area contributed by atoms with E-state index in [1.807, 2.05) is 0 Å². The van der Waals surface area contributed by atoms with Gasteiger partial charge in [-0.3, -0.25) is 0 Å². The van der Waals surface area contributed by atoms with Crippen LogP contribution in [0.5, 0.6) is 5.75 Å². The molecule has 1 aromatic carbocycles. The van der Waals surface area contributed by atoms with E-state index in [1.165, 1.54) is 43.5 Å². The second-order valence-corrected chi connectivity index (χ2v) is 7.78. The van der Waals surface area contributed by atoms with Crippen LogP contribution in [0.3, 0.4) is 0 Å². The van der Waals surface area contributed by atoms with Gasteiger partial charge >= 0.3 is 0 Å². The molecule has 1 aromatic rings. The van der Waals surface area contributed by atoms with E-state index in [1.54, 1.807) is 0 Å². The molecular formula is C23H39NO4. The van der Waals surface area contributed by atoms with Gasteiger partial charge in [0.05, 0.1) is 39.6 Å². The number of hydrogen-bond acceptors (Lipinski definition) is 5. The van der Waals surface area contributed by atoms with E-state index >= 15 is 0 Å². The molecule has 0 aliphatic carbocycles. The molecule has 0 spiro atoms.